The van der Waals surface area contributed by atoms with Gasteiger partial charge in [0.1, 0.15) is 11.9 Å². The van der Waals surface area contributed by atoms with Crippen LogP contribution in [0.2, 0.25) is 0 Å². The second-order valence-corrected chi connectivity index (χ2v) is 10.5. The molecule has 1 heterocycles. The molecule has 5 rings (SSSR count). The Labute approximate surface area is 206 Å². The highest BCUT2D eigenvalue weighted by molar-refractivity contribution is 5.31. The third-order valence-electron chi connectivity index (χ3n) is 8.19. The van der Waals surface area contributed by atoms with Crippen LogP contribution in [-0.4, -0.2) is 12.7 Å². The lowest BCUT2D eigenvalue weighted by Gasteiger charge is -2.29. The predicted molar refractivity (Wildman–Crippen MR) is 131 cm³/mol. The van der Waals surface area contributed by atoms with Crippen molar-refractivity contribution in [1.29, 1.82) is 0 Å². The van der Waals surface area contributed by atoms with Gasteiger partial charge in [-0.15, -0.1) is 0 Å². The molecule has 0 amide bonds. The van der Waals surface area contributed by atoms with Crippen molar-refractivity contribution < 1.29 is 22.6 Å². The van der Waals surface area contributed by atoms with Gasteiger partial charge in [0.15, 0.2) is 11.6 Å². The summed E-state index contributed by atoms with van der Waals surface area (Å²) in [4.78, 5) is 0. The summed E-state index contributed by atoms with van der Waals surface area (Å²) in [6.45, 7) is 2.71. The van der Waals surface area contributed by atoms with E-state index in [1.165, 1.54) is 0 Å². The Morgan fingerprint density at radius 3 is 2.20 bits per heavy atom. The van der Waals surface area contributed by atoms with Crippen molar-refractivity contribution >= 4 is 0 Å². The van der Waals surface area contributed by atoms with Crippen LogP contribution >= 0.6 is 0 Å². The number of hydrogen-bond donors (Lipinski definition) is 0. The number of hydrogen-bond acceptors (Lipinski definition) is 2. The van der Waals surface area contributed by atoms with Gasteiger partial charge in [-0.3, -0.25) is 0 Å². The normalized spacial score (nSPS) is 29.0. The van der Waals surface area contributed by atoms with Gasteiger partial charge >= 0.3 is 0 Å². The highest BCUT2D eigenvalue weighted by Gasteiger charge is 2.30. The fraction of sp³-hybridized carbons (Fsp3) is 0.533. The van der Waals surface area contributed by atoms with Crippen LogP contribution in [0.1, 0.15) is 98.5 Å². The van der Waals surface area contributed by atoms with Crippen molar-refractivity contribution in [3.8, 4) is 0 Å². The second-order valence-electron chi connectivity index (χ2n) is 10.5. The quantitative estimate of drug-likeness (QED) is 0.291. The molecule has 3 fully saturated rings. The largest absolute Gasteiger partial charge is 0.373 e. The molecular formula is C30H35F3O2. The maximum atomic E-state index is 14.9. The molecular weight excluding hydrogens is 449 g/mol. The van der Waals surface area contributed by atoms with E-state index in [9.17, 15) is 13.2 Å². The van der Waals surface area contributed by atoms with Crippen molar-refractivity contribution in [1.82, 2.24) is 0 Å². The van der Waals surface area contributed by atoms with E-state index in [-0.39, 0.29) is 36.1 Å². The van der Waals surface area contributed by atoms with Gasteiger partial charge in [-0.1, -0.05) is 36.4 Å². The average Bonchev–Trinajstić information content (AvgIpc) is 3.71. The molecule has 2 aromatic carbocycles. The fourth-order valence-corrected chi connectivity index (χ4v) is 5.98. The first kappa shape index (κ1) is 24.6. The summed E-state index contributed by atoms with van der Waals surface area (Å²) in [5, 5.41) is 0. The van der Waals surface area contributed by atoms with E-state index in [1.54, 1.807) is 18.2 Å². The lowest BCUT2D eigenvalue weighted by atomic mass is 9.78. The summed E-state index contributed by atoms with van der Waals surface area (Å²) in [5.41, 5.74) is 2.47. The highest BCUT2D eigenvalue weighted by Crippen LogP contribution is 2.39. The molecule has 2 nitrogen and oxygen atoms in total. The zero-order valence-electron chi connectivity index (χ0n) is 20.4. The van der Waals surface area contributed by atoms with Crippen LogP contribution in [0.15, 0.2) is 42.5 Å². The summed E-state index contributed by atoms with van der Waals surface area (Å²) in [5.74, 6) is -0.701. The third kappa shape index (κ3) is 5.67. The molecule has 188 valence electrons. The molecule has 0 bridgehead atoms. The topological polar surface area (TPSA) is 21.8 Å². The summed E-state index contributed by atoms with van der Waals surface area (Å²) >= 11 is 0. The Bertz CT molecular complexity index is 1050. The summed E-state index contributed by atoms with van der Waals surface area (Å²) < 4.78 is 55.4. The Hall–Kier alpha value is -2.11. The van der Waals surface area contributed by atoms with E-state index in [4.69, 9.17) is 9.47 Å². The van der Waals surface area contributed by atoms with E-state index in [0.29, 0.717) is 29.6 Å². The second kappa shape index (κ2) is 10.9. The molecule has 35 heavy (non-hydrogen) atoms. The summed E-state index contributed by atoms with van der Waals surface area (Å²) in [7, 11) is 0. The maximum Gasteiger partial charge on any atom is 0.164 e. The molecule has 1 atom stereocenters. The summed E-state index contributed by atoms with van der Waals surface area (Å²) in [6, 6.07) is 8.97. The molecule has 3 aliphatic rings. The fourth-order valence-electron chi connectivity index (χ4n) is 5.98. The van der Waals surface area contributed by atoms with Crippen LogP contribution in [0.25, 0.3) is 0 Å². The molecule has 1 saturated heterocycles. The lowest BCUT2D eigenvalue weighted by molar-refractivity contribution is 0.0118. The highest BCUT2D eigenvalue weighted by atomic mass is 19.2. The van der Waals surface area contributed by atoms with E-state index < -0.39 is 11.6 Å². The monoisotopic (exact) mass is 484 g/mol. The van der Waals surface area contributed by atoms with Crippen molar-refractivity contribution in [2.24, 2.45) is 5.92 Å². The molecule has 2 saturated carbocycles. The van der Waals surface area contributed by atoms with Crippen molar-refractivity contribution in [2.45, 2.75) is 88.9 Å². The molecule has 5 heteroatoms. The molecule has 2 aromatic rings. The van der Waals surface area contributed by atoms with Crippen molar-refractivity contribution in [2.75, 3.05) is 6.61 Å². The number of rotatable bonds is 7. The van der Waals surface area contributed by atoms with Crippen molar-refractivity contribution in [3.63, 3.8) is 0 Å². The van der Waals surface area contributed by atoms with Crippen LogP contribution in [0.3, 0.4) is 0 Å². The predicted octanol–water partition coefficient (Wildman–Crippen LogP) is 8.27. The van der Waals surface area contributed by atoms with E-state index in [0.717, 1.165) is 56.9 Å². The first-order chi connectivity index (χ1) is 17.0. The summed E-state index contributed by atoms with van der Waals surface area (Å²) in [6.07, 6.45) is 11.5. The number of allylic oxidation sites excluding steroid dienone is 2. The molecule has 1 aliphatic heterocycles. The van der Waals surface area contributed by atoms with Crippen molar-refractivity contribution in [3.05, 3.63) is 82.2 Å². The number of ether oxygens (including phenoxy) is 2. The minimum Gasteiger partial charge on any atom is -0.373 e. The number of epoxide rings is 1. The third-order valence-corrected chi connectivity index (χ3v) is 8.19. The van der Waals surface area contributed by atoms with Gasteiger partial charge in [-0.25, -0.2) is 13.2 Å². The van der Waals surface area contributed by atoms with Crippen LogP contribution in [-0.2, 0) is 16.1 Å². The minimum atomic E-state index is -0.762. The zero-order valence-corrected chi connectivity index (χ0v) is 20.4. The lowest BCUT2D eigenvalue weighted by Crippen LogP contribution is -2.21. The van der Waals surface area contributed by atoms with Gasteiger partial charge in [0, 0.05) is 11.1 Å². The van der Waals surface area contributed by atoms with E-state index in [1.807, 2.05) is 19.1 Å². The van der Waals surface area contributed by atoms with Crippen LogP contribution in [0.4, 0.5) is 13.2 Å². The molecule has 0 radical (unpaired) electrons. The molecule has 1 unspecified atom stereocenters. The Morgan fingerprint density at radius 1 is 0.857 bits per heavy atom. The van der Waals surface area contributed by atoms with Gasteiger partial charge in [0.2, 0.25) is 0 Å². The van der Waals surface area contributed by atoms with E-state index >= 15 is 0 Å². The maximum absolute atomic E-state index is 14.9. The molecule has 0 spiro atoms. The Kier molecular flexibility index (Phi) is 7.64. The van der Waals surface area contributed by atoms with Gasteiger partial charge in [0.05, 0.1) is 19.3 Å². The number of benzene rings is 2. The Balaban J connectivity index is 1.13. The molecule has 2 aliphatic carbocycles. The smallest absolute Gasteiger partial charge is 0.164 e. The minimum absolute atomic E-state index is 0.0132. The first-order valence-corrected chi connectivity index (χ1v) is 13.2. The van der Waals surface area contributed by atoms with Gasteiger partial charge in [0.25, 0.3) is 0 Å². The Morgan fingerprint density at radius 2 is 1.54 bits per heavy atom. The standard InChI is InChI=1S/C30H35F3O2/c1-2-3-19-4-6-21(7-5-19)25-14-11-23(29(32)30(25)33)17-34-24-12-8-20(9-13-24)22-10-15-26(27(31)16-22)28-18-35-28/h2-3,10-11,14-16,19-21,24,28H,4-9,12-13,17-18H2,1H3/b3-2+. The molecule has 0 aromatic heterocycles. The van der Waals surface area contributed by atoms with Crippen LogP contribution < -0.4 is 0 Å². The van der Waals surface area contributed by atoms with E-state index in [2.05, 4.69) is 12.2 Å². The average molecular weight is 485 g/mol. The van der Waals surface area contributed by atoms with Gasteiger partial charge in [-0.05, 0) is 93.2 Å². The van der Waals surface area contributed by atoms with Gasteiger partial charge in [-0.2, -0.15) is 0 Å². The zero-order chi connectivity index (χ0) is 24.4. The van der Waals surface area contributed by atoms with Gasteiger partial charge < -0.3 is 9.47 Å². The molecule has 0 N–H and O–H groups in total. The SMILES string of the molecule is C/C=C/C1CCC(c2ccc(COC3CCC(c4ccc(C5CO5)c(F)c4)CC3)c(F)c2F)CC1. The first-order valence-electron chi connectivity index (χ1n) is 13.2. The number of halogens is 3. The van der Waals surface area contributed by atoms with Crippen LogP contribution in [0.5, 0.6) is 0 Å². The van der Waals surface area contributed by atoms with Crippen LogP contribution in [0, 0.1) is 23.4 Å².